The molecule has 1 aromatic carbocycles. The Balaban J connectivity index is 2.94. The van der Waals surface area contributed by atoms with E-state index in [0.717, 1.165) is 0 Å². The molecule has 0 aliphatic rings. The van der Waals surface area contributed by atoms with E-state index in [9.17, 15) is 0 Å². The van der Waals surface area contributed by atoms with Crippen LogP contribution in [-0.4, -0.2) is 18.3 Å². The SMILES string of the molecule is [2H]c1cc(C([2H])C([2H])N=C(N)NC(C)=N)cc([2H])c1[2H]. The number of hydrogen-bond acceptors (Lipinski definition) is 2. The standard InChI is InChI=1S/C11H16N4/c1-9(12)15-11(13)14-8-7-10-5-3-2-4-6-10/h2-6H,7-8H2,1H3,(H4,12,13,14,15)/i2D,3D,4D,7D,8D. The van der Waals surface area contributed by atoms with Crippen LogP contribution in [0.3, 0.4) is 0 Å². The predicted octanol–water partition coefficient (Wildman–Crippen LogP) is 1.13. The van der Waals surface area contributed by atoms with Crippen LogP contribution >= 0.6 is 0 Å². The van der Waals surface area contributed by atoms with Gasteiger partial charge in [0.05, 0.1) is 11.3 Å². The molecule has 0 heterocycles. The monoisotopic (exact) mass is 209 g/mol. The van der Waals surface area contributed by atoms with Gasteiger partial charge in [-0.05, 0) is 18.9 Å². The van der Waals surface area contributed by atoms with Crippen molar-refractivity contribution in [3.05, 3.63) is 35.8 Å². The zero-order chi connectivity index (χ0) is 15.4. The van der Waals surface area contributed by atoms with Gasteiger partial charge in [-0.1, -0.05) is 30.3 Å². The molecule has 4 nitrogen and oxygen atoms in total. The van der Waals surface area contributed by atoms with Gasteiger partial charge in [-0.15, -0.1) is 0 Å². The normalized spacial score (nSPS) is 20.1. The Hall–Kier alpha value is -1.84. The van der Waals surface area contributed by atoms with Gasteiger partial charge in [0.1, 0.15) is 0 Å². The van der Waals surface area contributed by atoms with Gasteiger partial charge in [-0.2, -0.15) is 0 Å². The van der Waals surface area contributed by atoms with Gasteiger partial charge in [-0.25, -0.2) is 0 Å². The molecule has 2 unspecified atom stereocenters. The minimum absolute atomic E-state index is 0.0698. The average Bonchev–Trinajstić information content (AvgIpc) is 2.33. The number of nitrogens with zero attached hydrogens (tertiary/aromatic N) is 1. The molecule has 2 atom stereocenters. The lowest BCUT2D eigenvalue weighted by Gasteiger charge is -2.02. The highest BCUT2D eigenvalue weighted by atomic mass is 15.1. The largest absolute Gasteiger partial charge is 0.370 e. The van der Waals surface area contributed by atoms with Crippen molar-refractivity contribution < 1.29 is 6.85 Å². The van der Waals surface area contributed by atoms with Gasteiger partial charge in [0.2, 0.25) is 0 Å². The predicted molar refractivity (Wildman–Crippen MR) is 63.2 cm³/mol. The van der Waals surface area contributed by atoms with E-state index in [0.29, 0.717) is 0 Å². The molecular weight excluding hydrogens is 188 g/mol. The molecule has 0 saturated heterocycles. The van der Waals surface area contributed by atoms with Crippen molar-refractivity contribution in [2.45, 2.75) is 13.3 Å². The van der Waals surface area contributed by atoms with Crippen LogP contribution in [0.4, 0.5) is 0 Å². The molecule has 0 aliphatic heterocycles. The summed E-state index contributed by atoms with van der Waals surface area (Å²) in [6.07, 6.45) is -1.13. The van der Waals surface area contributed by atoms with Crippen molar-refractivity contribution in [1.82, 2.24) is 5.32 Å². The zero-order valence-electron chi connectivity index (χ0n) is 13.3. The first-order chi connectivity index (χ1) is 9.22. The molecule has 0 spiro atoms. The van der Waals surface area contributed by atoms with Crippen LogP contribution in [0.15, 0.2) is 35.3 Å². The molecule has 0 radical (unpaired) electrons. The average molecular weight is 209 g/mol. The van der Waals surface area contributed by atoms with Gasteiger partial charge in [0, 0.05) is 7.89 Å². The van der Waals surface area contributed by atoms with Crippen molar-refractivity contribution in [1.29, 1.82) is 5.41 Å². The van der Waals surface area contributed by atoms with Gasteiger partial charge < -0.3 is 11.1 Å². The fourth-order valence-corrected chi connectivity index (χ4v) is 0.846. The van der Waals surface area contributed by atoms with E-state index in [1.807, 2.05) is 0 Å². The van der Waals surface area contributed by atoms with Crippen LogP contribution in [0.1, 0.15) is 19.3 Å². The summed E-state index contributed by atoms with van der Waals surface area (Å²) in [7, 11) is 0. The highest BCUT2D eigenvalue weighted by Gasteiger charge is 1.92. The van der Waals surface area contributed by atoms with E-state index in [1.165, 1.54) is 19.1 Å². The first kappa shape index (κ1) is 5.90. The van der Waals surface area contributed by atoms with E-state index in [2.05, 4.69) is 10.3 Å². The number of rotatable bonds is 3. The van der Waals surface area contributed by atoms with Gasteiger partial charge in [-0.3, -0.25) is 10.4 Å². The summed E-state index contributed by atoms with van der Waals surface area (Å²) in [4.78, 5) is 3.73. The summed E-state index contributed by atoms with van der Waals surface area (Å²) in [6.45, 7) is 0.211. The zero-order valence-corrected chi connectivity index (χ0v) is 8.33. The first-order valence-corrected chi connectivity index (χ1v) is 4.30. The molecule has 15 heavy (non-hydrogen) atoms. The lowest BCUT2D eigenvalue weighted by Crippen LogP contribution is -2.35. The maximum atomic E-state index is 7.90. The Bertz CT molecular complexity index is 523. The van der Waals surface area contributed by atoms with E-state index < -0.39 is 12.9 Å². The molecule has 1 rings (SSSR count). The minimum Gasteiger partial charge on any atom is -0.370 e. The van der Waals surface area contributed by atoms with Gasteiger partial charge in [0.25, 0.3) is 0 Å². The molecule has 4 N–H and O–H groups in total. The molecular formula is C11H16N4. The fourth-order valence-electron chi connectivity index (χ4n) is 0.846. The first-order valence-electron chi connectivity index (χ1n) is 6.95. The van der Waals surface area contributed by atoms with Crippen molar-refractivity contribution in [3.63, 3.8) is 0 Å². The smallest absolute Gasteiger partial charge is 0.194 e. The third-order valence-corrected chi connectivity index (χ3v) is 1.42. The number of amidine groups is 1. The Morgan fingerprint density at radius 1 is 1.60 bits per heavy atom. The van der Waals surface area contributed by atoms with Gasteiger partial charge in [0.15, 0.2) is 5.96 Å². The second-order valence-electron chi connectivity index (χ2n) is 2.78. The fraction of sp³-hybridized carbons (Fsp3) is 0.273. The summed E-state index contributed by atoms with van der Waals surface area (Å²) in [5, 5.41) is 9.59. The quantitative estimate of drug-likeness (QED) is 0.515. The van der Waals surface area contributed by atoms with Crippen molar-refractivity contribution in [3.8, 4) is 0 Å². The number of aryl methyl sites for hydroxylation is 1. The second-order valence-corrected chi connectivity index (χ2v) is 2.78. The topological polar surface area (TPSA) is 74.3 Å². The number of nitrogens with one attached hydrogen (secondary N) is 2. The van der Waals surface area contributed by atoms with Gasteiger partial charge >= 0.3 is 0 Å². The highest BCUT2D eigenvalue weighted by Crippen LogP contribution is 1.98. The van der Waals surface area contributed by atoms with Crippen LogP contribution in [0.2, 0.25) is 0 Å². The molecule has 0 saturated carbocycles. The Kier molecular flexibility index (Phi) is 2.28. The van der Waals surface area contributed by atoms with Crippen LogP contribution in [0, 0.1) is 5.41 Å². The second kappa shape index (κ2) is 5.80. The van der Waals surface area contributed by atoms with Crippen LogP contribution in [0.25, 0.3) is 0 Å². The third-order valence-electron chi connectivity index (χ3n) is 1.42. The lowest BCUT2D eigenvalue weighted by molar-refractivity contribution is 0.955. The Morgan fingerprint density at radius 3 is 2.87 bits per heavy atom. The number of hydrogen-bond donors (Lipinski definition) is 3. The molecule has 0 fully saturated rings. The maximum Gasteiger partial charge on any atom is 0.194 e. The lowest BCUT2D eigenvalue weighted by atomic mass is 10.2. The van der Waals surface area contributed by atoms with E-state index in [1.54, 1.807) is 0 Å². The summed E-state index contributed by atoms with van der Waals surface area (Å²) >= 11 is 0. The molecule has 0 bridgehead atoms. The Labute approximate surface area is 96.8 Å². The van der Waals surface area contributed by atoms with E-state index >= 15 is 0 Å². The molecule has 1 aromatic rings. The van der Waals surface area contributed by atoms with E-state index in [4.69, 9.17) is 18.0 Å². The van der Waals surface area contributed by atoms with Crippen molar-refractivity contribution >= 4 is 11.8 Å². The summed E-state index contributed by atoms with van der Waals surface area (Å²) in [6, 6.07) is 2.01. The minimum atomic E-state index is -1.25. The van der Waals surface area contributed by atoms with Crippen molar-refractivity contribution in [2.24, 2.45) is 10.7 Å². The molecule has 80 valence electrons. The molecule has 0 aliphatic carbocycles. The number of benzene rings is 1. The molecule has 0 aromatic heterocycles. The summed E-state index contributed by atoms with van der Waals surface area (Å²) < 4.78 is 38.1. The molecule has 0 amide bonds. The third kappa shape index (κ3) is 4.81. The molecule has 4 heteroatoms. The van der Waals surface area contributed by atoms with Crippen LogP contribution in [-0.2, 0) is 6.40 Å². The summed E-state index contributed by atoms with van der Waals surface area (Å²) in [5.41, 5.74) is 5.73. The number of nitrogens with two attached hydrogens (primary N) is 1. The van der Waals surface area contributed by atoms with E-state index in [-0.39, 0.29) is 35.5 Å². The highest BCUT2D eigenvalue weighted by molar-refractivity contribution is 5.96. The van der Waals surface area contributed by atoms with Crippen molar-refractivity contribution in [2.75, 3.05) is 6.52 Å². The number of guanidine groups is 1. The number of aliphatic imine (C=N–C) groups is 1. The maximum absolute atomic E-state index is 7.90. The Morgan fingerprint density at radius 2 is 2.27 bits per heavy atom. The van der Waals surface area contributed by atoms with Crippen LogP contribution < -0.4 is 11.1 Å². The summed E-state index contributed by atoms with van der Waals surface area (Å²) in [5.74, 6) is -0.0653. The van der Waals surface area contributed by atoms with Crippen LogP contribution in [0.5, 0.6) is 0 Å².